The number of aromatic nitrogens is 4. The highest BCUT2D eigenvalue weighted by atomic mass is 35.5. The van der Waals surface area contributed by atoms with Gasteiger partial charge in [-0.2, -0.15) is 15.5 Å². The van der Waals surface area contributed by atoms with Crippen molar-refractivity contribution in [2.45, 2.75) is 0 Å². The number of aryl methyl sites for hydroxylation is 1. The minimum Gasteiger partial charge on any atom is -0.309 e. The van der Waals surface area contributed by atoms with E-state index in [0.717, 1.165) is 35.3 Å². The van der Waals surface area contributed by atoms with Gasteiger partial charge in [-0.05, 0) is 11.6 Å². The number of hydrogen-bond acceptors (Lipinski definition) is 4. The second kappa shape index (κ2) is 5.88. The van der Waals surface area contributed by atoms with Crippen molar-refractivity contribution in [3.8, 4) is 17.2 Å². The molecule has 0 aromatic carbocycles. The van der Waals surface area contributed by atoms with Crippen LogP contribution in [0.1, 0.15) is 11.1 Å². The molecule has 0 spiro atoms. The van der Waals surface area contributed by atoms with Gasteiger partial charge in [0.25, 0.3) is 0 Å². The molecule has 3 aromatic heterocycles. The largest absolute Gasteiger partial charge is 0.309 e. The fourth-order valence-corrected chi connectivity index (χ4v) is 2.86. The number of fused-ring (bicyclic) bond motifs is 1. The molecule has 0 atom stereocenters. The molecule has 0 saturated heterocycles. The van der Waals surface area contributed by atoms with Crippen LogP contribution < -0.4 is 5.32 Å². The van der Waals surface area contributed by atoms with Crippen LogP contribution in [-0.2, 0) is 7.05 Å². The van der Waals surface area contributed by atoms with Crippen LogP contribution >= 0.6 is 12.4 Å². The van der Waals surface area contributed by atoms with Crippen molar-refractivity contribution in [2.24, 2.45) is 7.05 Å². The standard InChI is InChI=1S/C16H14N6.ClH/c1-21-9-14(8-19-21)12-4-15(11-2-3-18-6-11)16-13(5-17)7-20-22(16)10-12;/h2,4,7-10,18H,3,6H2,1H3;1H. The maximum absolute atomic E-state index is 9.33. The van der Waals surface area contributed by atoms with Crippen molar-refractivity contribution >= 4 is 23.5 Å². The molecule has 6 nitrogen and oxygen atoms in total. The Balaban J connectivity index is 0.00000156. The van der Waals surface area contributed by atoms with Gasteiger partial charge >= 0.3 is 0 Å². The molecule has 0 aliphatic carbocycles. The molecule has 0 unspecified atom stereocenters. The first-order valence-electron chi connectivity index (χ1n) is 7.07. The monoisotopic (exact) mass is 326 g/mol. The second-order valence-corrected chi connectivity index (χ2v) is 5.37. The van der Waals surface area contributed by atoms with Crippen LogP contribution in [0.4, 0.5) is 0 Å². The summed E-state index contributed by atoms with van der Waals surface area (Å²) in [4.78, 5) is 0. The van der Waals surface area contributed by atoms with E-state index in [2.05, 4.69) is 33.7 Å². The highest BCUT2D eigenvalue weighted by molar-refractivity contribution is 5.86. The molecule has 1 aliphatic heterocycles. The van der Waals surface area contributed by atoms with Crippen LogP contribution in [0.2, 0.25) is 0 Å². The maximum Gasteiger partial charge on any atom is 0.103 e. The Hall–Kier alpha value is -2.62. The van der Waals surface area contributed by atoms with Crippen molar-refractivity contribution in [2.75, 3.05) is 13.1 Å². The smallest absolute Gasteiger partial charge is 0.103 e. The van der Waals surface area contributed by atoms with Gasteiger partial charge in [0.15, 0.2) is 0 Å². The first kappa shape index (κ1) is 15.3. The van der Waals surface area contributed by atoms with Gasteiger partial charge in [-0.3, -0.25) is 4.68 Å². The van der Waals surface area contributed by atoms with E-state index in [0.29, 0.717) is 5.56 Å². The van der Waals surface area contributed by atoms with Crippen LogP contribution in [0.3, 0.4) is 0 Å². The number of nitriles is 1. The molecule has 0 bridgehead atoms. The summed E-state index contributed by atoms with van der Waals surface area (Å²) in [6.07, 6.45) is 9.53. The van der Waals surface area contributed by atoms with E-state index in [4.69, 9.17) is 0 Å². The Kier molecular flexibility index (Phi) is 3.90. The fraction of sp³-hybridized carbons (Fsp3) is 0.188. The van der Waals surface area contributed by atoms with E-state index in [1.165, 1.54) is 5.57 Å². The predicted molar refractivity (Wildman–Crippen MR) is 90.2 cm³/mol. The van der Waals surface area contributed by atoms with Gasteiger partial charge < -0.3 is 5.32 Å². The minimum atomic E-state index is 0. The van der Waals surface area contributed by atoms with Crippen LogP contribution in [0.25, 0.3) is 22.2 Å². The highest BCUT2D eigenvalue weighted by Gasteiger charge is 2.17. The molecular weight excluding hydrogens is 312 g/mol. The lowest BCUT2D eigenvalue weighted by Gasteiger charge is -2.09. The maximum atomic E-state index is 9.33. The first-order chi connectivity index (χ1) is 10.8. The van der Waals surface area contributed by atoms with Crippen LogP contribution in [0.15, 0.2) is 36.9 Å². The molecule has 7 heteroatoms. The number of halogens is 1. The van der Waals surface area contributed by atoms with E-state index in [-0.39, 0.29) is 12.4 Å². The van der Waals surface area contributed by atoms with Gasteiger partial charge in [0.2, 0.25) is 0 Å². The van der Waals surface area contributed by atoms with Crippen molar-refractivity contribution < 1.29 is 0 Å². The Labute approximate surface area is 139 Å². The van der Waals surface area contributed by atoms with Gasteiger partial charge in [0.1, 0.15) is 6.07 Å². The lowest BCUT2D eigenvalue weighted by atomic mass is 10.0. The molecular formula is C16H15ClN6. The zero-order valence-electron chi connectivity index (χ0n) is 12.5. The summed E-state index contributed by atoms with van der Waals surface area (Å²) < 4.78 is 3.56. The van der Waals surface area contributed by atoms with Gasteiger partial charge in [0, 0.05) is 49.2 Å². The summed E-state index contributed by atoms with van der Waals surface area (Å²) in [7, 11) is 1.90. The van der Waals surface area contributed by atoms with Gasteiger partial charge in [0.05, 0.1) is 23.5 Å². The molecule has 1 N–H and O–H groups in total. The average molecular weight is 327 g/mol. The van der Waals surface area contributed by atoms with Gasteiger partial charge in [-0.1, -0.05) is 6.08 Å². The summed E-state index contributed by atoms with van der Waals surface area (Å²) >= 11 is 0. The highest BCUT2D eigenvalue weighted by Crippen LogP contribution is 2.29. The lowest BCUT2D eigenvalue weighted by Crippen LogP contribution is -2.08. The third-order valence-electron chi connectivity index (χ3n) is 3.92. The molecule has 23 heavy (non-hydrogen) atoms. The summed E-state index contributed by atoms with van der Waals surface area (Å²) in [5.41, 5.74) is 5.79. The lowest BCUT2D eigenvalue weighted by molar-refractivity contribution is 0.768. The van der Waals surface area contributed by atoms with Crippen molar-refractivity contribution in [3.63, 3.8) is 0 Å². The summed E-state index contributed by atoms with van der Waals surface area (Å²) in [6, 6.07) is 4.35. The molecule has 116 valence electrons. The quantitative estimate of drug-likeness (QED) is 0.782. The molecule has 4 rings (SSSR count). The van der Waals surface area contributed by atoms with E-state index < -0.39 is 0 Å². The van der Waals surface area contributed by atoms with E-state index in [1.54, 1.807) is 15.4 Å². The van der Waals surface area contributed by atoms with Crippen LogP contribution in [-0.4, -0.2) is 32.5 Å². The van der Waals surface area contributed by atoms with Crippen LogP contribution in [0, 0.1) is 11.3 Å². The molecule has 4 heterocycles. The number of nitrogens with zero attached hydrogens (tertiary/aromatic N) is 5. The van der Waals surface area contributed by atoms with Gasteiger partial charge in [-0.25, -0.2) is 4.52 Å². The first-order valence-corrected chi connectivity index (χ1v) is 7.07. The van der Waals surface area contributed by atoms with Crippen molar-refractivity contribution in [1.29, 1.82) is 5.26 Å². The van der Waals surface area contributed by atoms with Gasteiger partial charge in [-0.15, -0.1) is 12.4 Å². The zero-order valence-corrected chi connectivity index (χ0v) is 13.3. The Morgan fingerprint density at radius 1 is 1.22 bits per heavy atom. The Morgan fingerprint density at radius 2 is 2.09 bits per heavy atom. The molecule has 0 fully saturated rings. The number of hydrogen-bond donors (Lipinski definition) is 1. The SMILES string of the molecule is Cl.Cn1cc(-c2cc(C3=CCNC3)c3c(C#N)cnn3c2)cn1. The van der Waals surface area contributed by atoms with Crippen molar-refractivity contribution in [1.82, 2.24) is 24.7 Å². The second-order valence-electron chi connectivity index (χ2n) is 5.37. The number of rotatable bonds is 2. The molecule has 0 amide bonds. The fourth-order valence-electron chi connectivity index (χ4n) is 2.86. The Morgan fingerprint density at radius 3 is 2.74 bits per heavy atom. The number of nitrogens with one attached hydrogen (secondary N) is 1. The predicted octanol–water partition coefficient (Wildman–Crippen LogP) is 2.01. The normalized spacial score (nSPS) is 13.7. The van der Waals surface area contributed by atoms with E-state index in [1.807, 2.05) is 25.6 Å². The minimum absolute atomic E-state index is 0. The summed E-state index contributed by atoms with van der Waals surface area (Å²) in [5.74, 6) is 0. The third kappa shape index (κ3) is 2.50. The van der Waals surface area contributed by atoms with E-state index >= 15 is 0 Å². The van der Waals surface area contributed by atoms with Crippen LogP contribution in [0.5, 0.6) is 0 Å². The zero-order chi connectivity index (χ0) is 15.1. The summed E-state index contributed by atoms with van der Waals surface area (Å²) in [5, 5.41) is 21.2. The van der Waals surface area contributed by atoms with Crippen molar-refractivity contribution in [3.05, 3.63) is 48.1 Å². The summed E-state index contributed by atoms with van der Waals surface area (Å²) in [6.45, 7) is 1.66. The number of pyridine rings is 1. The van der Waals surface area contributed by atoms with E-state index in [9.17, 15) is 5.26 Å². The average Bonchev–Trinajstić information content (AvgIpc) is 3.26. The Bertz CT molecular complexity index is 943. The molecule has 0 saturated carbocycles. The molecule has 1 aliphatic rings. The molecule has 0 radical (unpaired) electrons. The molecule has 3 aromatic rings. The topological polar surface area (TPSA) is 70.9 Å². The third-order valence-corrected chi connectivity index (χ3v) is 3.92.